The van der Waals surface area contributed by atoms with Crippen molar-refractivity contribution >= 4 is 23.8 Å². The molecular formula is C25H40N4O6. The minimum absolute atomic E-state index is 0.0837. The number of nitrogens with two attached hydrogens (primary N) is 1. The van der Waals surface area contributed by atoms with E-state index < -0.39 is 47.5 Å². The quantitative estimate of drug-likeness (QED) is 0.373. The summed E-state index contributed by atoms with van der Waals surface area (Å²) in [5.41, 5.74) is 4.73. The molecule has 1 rings (SSSR count). The molecule has 3 unspecified atom stereocenters. The van der Waals surface area contributed by atoms with E-state index >= 15 is 0 Å². The van der Waals surface area contributed by atoms with Gasteiger partial charge in [-0.1, -0.05) is 25.1 Å². The number of nitrogens with one attached hydrogen (secondary N) is 2. The Labute approximate surface area is 207 Å². The molecular weight excluding hydrogens is 452 g/mol. The minimum atomic E-state index is -1.19. The van der Waals surface area contributed by atoms with Crippen LogP contribution in [0.4, 0.5) is 4.79 Å². The fourth-order valence-electron chi connectivity index (χ4n) is 3.47. The summed E-state index contributed by atoms with van der Waals surface area (Å²) in [5, 5.41) is 15.9. The average molecular weight is 493 g/mol. The van der Waals surface area contributed by atoms with Crippen LogP contribution in [0.2, 0.25) is 0 Å². The lowest BCUT2D eigenvalue weighted by atomic mass is 9.98. The number of para-hydroxylation sites is 1. The number of hydrogen-bond acceptors (Lipinski definition) is 6. The van der Waals surface area contributed by atoms with Crippen LogP contribution in [-0.4, -0.2) is 57.5 Å². The third-order valence-corrected chi connectivity index (χ3v) is 5.18. The number of nitrogens with zero attached hydrogens (tertiary/aromatic N) is 1. The molecule has 0 saturated heterocycles. The molecule has 4 amide bonds. The summed E-state index contributed by atoms with van der Waals surface area (Å²) in [5.74, 6) is -1.87. The summed E-state index contributed by atoms with van der Waals surface area (Å²) in [6.45, 7) is 12.2. The second-order valence-electron chi connectivity index (χ2n) is 9.83. The Morgan fingerprint density at radius 1 is 1.09 bits per heavy atom. The Balaban J connectivity index is 3.54. The van der Waals surface area contributed by atoms with Gasteiger partial charge in [-0.15, -0.1) is 0 Å². The molecule has 0 heterocycles. The first-order valence-electron chi connectivity index (χ1n) is 11.9. The maximum absolute atomic E-state index is 13.9. The van der Waals surface area contributed by atoms with Crippen molar-refractivity contribution in [2.45, 2.75) is 97.5 Å². The number of ether oxygens (including phenoxy) is 1. The van der Waals surface area contributed by atoms with Crippen LogP contribution in [0.3, 0.4) is 0 Å². The maximum Gasteiger partial charge on any atom is 0.408 e. The van der Waals surface area contributed by atoms with Crippen LogP contribution in [0.5, 0.6) is 5.75 Å². The van der Waals surface area contributed by atoms with Crippen LogP contribution in [-0.2, 0) is 19.1 Å². The van der Waals surface area contributed by atoms with E-state index in [9.17, 15) is 24.3 Å². The fourth-order valence-corrected chi connectivity index (χ4v) is 3.47. The Morgan fingerprint density at radius 3 is 2.17 bits per heavy atom. The predicted octanol–water partition coefficient (Wildman–Crippen LogP) is 2.74. The highest BCUT2D eigenvalue weighted by Gasteiger charge is 2.39. The molecule has 35 heavy (non-hydrogen) atoms. The zero-order valence-electron chi connectivity index (χ0n) is 21.8. The van der Waals surface area contributed by atoms with Crippen molar-refractivity contribution < 1.29 is 29.0 Å². The molecule has 1 aromatic rings. The van der Waals surface area contributed by atoms with Gasteiger partial charge in [-0.25, -0.2) is 4.79 Å². The monoisotopic (exact) mass is 492 g/mol. The second-order valence-corrected chi connectivity index (χ2v) is 9.83. The van der Waals surface area contributed by atoms with E-state index in [4.69, 9.17) is 10.5 Å². The van der Waals surface area contributed by atoms with Crippen LogP contribution < -0.4 is 16.4 Å². The lowest BCUT2D eigenvalue weighted by Gasteiger charge is -2.38. The summed E-state index contributed by atoms with van der Waals surface area (Å²) >= 11 is 0. The molecule has 10 nitrogen and oxygen atoms in total. The van der Waals surface area contributed by atoms with E-state index in [1.54, 1.807) is 59.7 Å². The second kappa shape index (κ2) is 13.0. The Bertz CT molecular complexity index is 896. The molecule has 0 radical (unpaired) electrons. The maximum atomic E-state index is 13.9. The van der Waals surface area contributed by atoms with Gasteiger partial charge in [0, 0.05) is 24.1 Å². The normalized spacial score (nSPS) is 13.9. The molecule has 0 bridgehead atoms. The molecule has 0 aliphatic rings. The van der Waals surface area contributed by atoms with Crippen LogP contribution in [0.1, 0.15) is 79.3 Å². The van der Waals surface area contributed by atoms with Crippen molar-refractivity contribution in [3.8, 4) is 5.75 Å². The molecule has 0 aliphatic carbocycles. The molecule has 10 heteroatoms. The van der Waals surface area contributed by atoms with Crippen molar-refractivity contribution in [1.29, 1.82) is 0 Å². The Hall–Kier alpha value is -3.30. The van der Waals surface area contributed by atoms with Gasteiger partial charge < -0.3 is 31.1 Å². The molecule has 196 valence electrons. The average Bonchev–Trinajstić information content (AvgIpc) is 2.72. The fraction of sp³-hybridized carbons (Fsp3) is 0.600. The number of amides is 4. The molecule has 0 saturated carbocycles. The summed E-state index contributed by atoms with van der Waals surface area (Å²) in [7, 11) is 0. The number of alkyl carbamates (subject to hydrolysis) is 1. The van der Waals surface area contributed by atoms with E-state index in [0.717, 1.165) is 0 Å². The van der Waals surface area contributed by atoms with Crippen molar-refractivity contribution in [3.05, 3.63) is 29.8 Å². The van der Waals surface area contributed by atoms with Gasteiger partial charge in [0.25, 0.3) is 0 Å². The van der Waals surface area contributed by atoms with E-state index in [2.05, 4.69) is 10.6 Å². The van der Waals surface area contributed by atoms with Crippen LogP contribution in [0, 0.1) is 0 Å². The number of primary amides is 1. The molecule has 0 aliphatic heterocycles. The Kier molecular flexibility index (Phi) is 11.0. The number of phenolic OH excluding ortho intramolecular Hbond substituents is 1. The molecule has 1 aromatic carbocycles. The van der Waals surface area contributed by atoms with Crippen LogP contribution in [0.25, 0.3) is 0 Å². The van der Waals surface area contributed by atoms with Gasteiger partial charge >= 0.3 is 6.09 Å². The highest BCUT2D eigenvalue weighted by Crippen LogP contribution is 2.32. The SMILES string of the molecule is CCC(C)N(C(=O)C(CCC(N)=O)NC(=O)OC(C)(C)C)C(C(=O)NC(C)C)c1ccccc1O. The van der Waals surface area contributed by atoms with Crippen molar-refractivity contribution in [1.82, 2.24) is 15.5 Å². The van der Waals surface area contributed by atoms with Gasteiger partial charge in [-0.05, 0) is 60.5 Å². The highest BCUT2D eigenvalue weighted by atomic mass is 16.6. The molecule has 0 fully saturated rings. The Morgan fingerprint density at radius 2 is 1.69 bits per heavy atom. The first-order valence-corrected chi connectivity index (χ1v) is 11.9. The van der Waals surface area contributed by atoms with Crippen molar-refractivity contribution in [3.63, 3.8) is 0 Å². The number of benzene rings is 1. The van der Waals surface area contributed by atoms with E-state index in [1.165, 1.54) is 11.0 Å². The zero-order valence-corrected chi connectivity index (χ0v) is 21.8. The van der Waals surface area contributed by atoms with Gasteiger partial charge in [-0.2, -0.15) is 0 Å². The predicted molar refractivity (Wildman–Crippen MR) is 132 cm³/mol. The third-order valence-electron chi connectivity index (χ3n) is 5.18. The minimum Gasteiger partial charge on any atom is -0.508 e. The number of phenols is 1. The van der Waals surface area contributed by atoms with Gasteiger partial charge in [0.2, 0.25) is 17.7 Å². The standard InChI is InChI=1S/C25H40N4O6/c1-8-16(4)29(21(22(32)27-15(2)3)17-11-9-10-12-19(17)30)23(33)18(13-14-20(26)31)28-24(34)35-25(5,6)7/h9-12,15-16,18,21,30H,8,13-14H2,1-7H3,(H2,26,31)(H,27,32)(H,28,34). The van der Waals surface area contributed by atoms with Crippen molar-refractivity contribution in [2.75, 3.05) is 0 Å². The largest absolute Gasteiger partial charge is 0.508 e. The van der Waals surface area contributed by atoms with E-state index in [-0.39, 0.29) is 30.2 Å². The summed E-state index contributed by atoms with van der Waals surface area (Å²) in [4.78, 5) is 52.6. The lowest BCUT2D eigenvalue weighted by molar-refractivity contribution is -0.145. The van der Waals surface area contributed by atoms with E-state index in [1.807, 2.05) is 6.92 Å². The zero-order chi connectivity index (χ0) is 26.9. The highest BCUT2D eigenvalue weighted by molar-refractivity contribution is 5.93. The summed E-state index contributed by atoms with van der Waals surface area (Å²) in [6, 6.07) is 3.23. The smallest absolute Gasteiger partial charge is 0.408 e. The van der Waals surface area contributed by atoms with Crippen LogP contribution in [0.15, 0.2) is 24.3 Å². The first kappa shape index (κ1) is 29.7. The number of aromatic hydroxyl groups is 1. The van der Waals surface area contributed by atoms with Gasteiger partial charge in [-0.3, -0.25) is 14.4 Å². The third kappa shape index (κ3) is 9.46. The lowest BCUT2D eigenvalue weighted by Crippen LogP contribution is -2.56. The summed E-state index contributed by atoms with van der Waals surface area (Å²) < 4.78 is 5.30. The molecule has 0 aromatic heterocycles. The van der Waals surface area contributed by atoms with E-state index in [0.29, 0.717) is 6.42 Å². The topological polar surface area (TPSA) is 151 Å². The number of rotatable bonds is 11. The van der Waals surface area contributed by atoms with Crippen molar-refractivity contribution in [2.24, 2.45) is 5.73 Å². The molecule has 5 N–H and O–H groups in total. The number of carbonyl (C=O) groups excluding carboxylic acids is 4. The van der Waals surface area contributed by atoms with Gasteiger partial charge in [0.15, 0.2) is 0 Å². The van der Waals surface area contributed by atoms with Gasteiger partial charge in [0.05, 0.1) is 0 Å². The number of hydrogen-bond donors (Lipinski definition) is 4. The van der Waals surface area contributed by atoms with Gasteiger partial charge in [0.1, 0.15) is 23.4 Å². The first-order chi connectivity index (χ1) is 16.2. The number of carbonyl (C=O) groups is 4. The molecule has 3 atom stereocenters. The molecule has 0 spiro atoms. The summed E-state index contributed by atoms with van der Waals surface area (Å²) in [6.07, 6.45) is -0.602. The van der Waals surface area contributed by atoms with Crippen LogP contribution >= 0.6 is 0 Å².